The Kier molecular flexibility index (Phi) is 6.22. The zero-order valence-corrected chi connectivity index (χ0v) is 17.1. The molecule has 6 nitrogen and oxygen atoms in total. The number of carbonyl (C=O) groups excluding carboxylic acids is 1. The standard InChI is InChI=1S/C23H25NO5/c1-14-17-10-9-16(27-3)13-21(17)29-23(26)18(14)11-12-22(25)24-15(2)19-7-5-6-8-20(19)28-4/h5-10,13,15H,11-12H2,1-4H3,(H,24,25). The quantitative estimate of drug-likeness (QED) is 0.614. The van der Waals surface area contributed by atoms with E-state index in [9.17, 15) is 9.59 Å². The van der Waals surface area contributed by atoms with Crippen molar-refractivity contribution in [2.45, 2.75) is 32.7 Å². The van der Waals surface area contributed by atoms with Crippen molar-refractivity contribution in [3.8, 4) is 11.5 Å². The van der Waals surface area contributed by atoms with Crippen LogP contribution in [0.2, 0.25) is 0 Å². The van der Waals surface area contributed by atoms with Gasteiger partial charge in [-0.3, -0.25) is 4.79 Å². The maximum Gasteiger partial charge on any atom is 0.339 e. The van der Waals surface area contributed by atoms with Crippen molar-refractivity contribution < 1.29 is 18.7 Å². The number of hydrogen-bond donors (Lipinski definition) is 1. The molecule has 0 aliphatic rings. The van der Waals surface area contributed by atoms with Crippen molar-refractivity contribution in [3.05, 3.63) is 69.6 Å². The number of fused-ring (bicyclic) bond motifs is 1. The molecule has 0 aliphatic heterocycles. The summed E-state index contributed by atoms with van der Waals surface area (Å²) >= 11 is 0. The molecule has 0 fully saturated rings. The fourth-order valence-electron chi connectivity index (χ4n) is 3.44. The van der Waals surface area contributed by atoms with E-state index < -0.39 is 5.63 Å². The van der Waals surface area contributed by atoms with Crippen LogP contribution in [0.3, 0.4) is 0 Å². The molecule has 1 heterocycles. The van der Waals surface area contributed by atoms with Crippen LogP contribution in [0.15, 0.2) is 51.7 Å². The Labute approximate surface area is 169 Å². The highest BCUT2D eigenvalue weighted by Gasteiger charge is 2.16. The van der Waals surface area contributed by atoms with Gasteiger partial charge in [0.2, 0.25) is 5.91 Å². The molecule has 0 saturated heterocycles. The van der Waals surface area contributed by atoms with Crippen LogP contribution >= 0.6 is 0 Å². The molecule has 3 rings (SSSR count). The van der Waals surface area contributed by atoms with Crippen LogP contribution in [0.4, 0.5) is 0 Å². The fourth-order valence-corrected chi connectivity index (χ4v) is 3.44. The zero-order chi connectivity index (χ0) is 21.0. The molecule has 0 saturated carbocycles. The number of carbonyl (C=O) groups is 1. The van der Waals surface area contributed by atoms with E-state index in [4.69, 9.17) is 13.9 Å². The molecule has 6 heteroatoms. The summed E-state index contributed by atoms with van der Waals surface area (Å²) in [5.41, 5.74) is 2.30. The molecule has 0 spiro atoms. The van der Waals surface area contributed by atoms with Gasteiger partial charge in [-0.2, -0.15) is 0 Å². The number of hydrogen-bond acceptors (Lipinski definition) is 5. The Balaban J connectivity index is 1.73. The van der Waals surface area contributed by atoms with E-state index in [1.165, 1.54) is 0 Å². The molecule has 1 aromatic heterocycles. The monoisotopic (exact) mass is 395 g/mol. The van der Waals surface area contributed by atoms with E-state index in [-0.39, 0.29) is 18.4 Å². The molecule has 2 aromatic carbocycles. The van der Waals surface area contributed by atoms with Crippen LogP contribution < -0.4 is 20.4 Å². The second-order valence-electron chi connectivity index (χ2n) is 6.89. The average molecular weight is 395 g/mol. The first-order valence-electron chi connectivity index (χ1n) is 9.47. The summed E-state index contributed by atoms with van der Waals surface area (Å²) in [5, 5.41) is 3.80. The summed E-state index contributed by atoms with van der Waals surface area (Å²) in [4.78, 5) is 24.9. The maximum atomic E-state index is 12.5. The summed E-state index contributed by atoms with van der Waals surface area (Å²) in [5.74, 6) is 1.20. The van der Waals surface area contributed by atoms with Gasteiger partial charge in [0.25, 0.3) is 0 Å². The van der Waals surface area contributed by atoms with Gasteiger partial charge in [-0.15, -0.1) is 0 Å². The largest absolute Gasteiger partial charge is 0.497 e. The van der Waals surface area contributed by atoms with Gasteiger partial charge in [-0.1, -0.05) is 18.2 Å². The van der Waals surface area contributed by atoms with Crippen molar-refractivity contribution in [1.29, 1.82) is 0 Å². The van der Waals surface area contributed by atoms with Gasteiger partial charge in [0.15, 0.2) is 0 Å². The summed E-state index contributed by atoms with van der Waals surface area (Å²) in [6.07, 6.45) is 0.493. The van der Waals surface area contributed by atoms with E-state index in [0.29, 0.717) is 23.3 Å². The number of para-hydroxylation sites is 1. The lowest BCUT2D eigenvalue weighted by molar-refractivity contribution is -0.121. The average Bonchev–Trinajstić information content (AvgIpc) is 2.72. The second-order valence-corrected chi connectivity index (χ2v) is 6.89. The minimum Gasteiger partial charge on any atom is -0.497 e. The smallest absolute Gasteiger partial charge is 0.339 e. The Morgan fingerprint density at radius 1 is 1.14 bits per heavy atom. The van der Waals surface area contributed by atoms with Gasteiger partial charge >= 0.3 is 5.63 Å². The lowest BCUT2D eigenvalue weighted by atomic mass is 10.0. The molecule has 1 amide bonds. The summed E-state index contributed by atoms with van der Waals surface area (Å²) in [7, 11) is 3.16. The number of benzene rings is 2. The number of nitrogens with one attached hydrogen (secondary N) is 1. The van der Waals surface area contributed by atoms with Gasteiger partial charge in [-0.25, -0.2) is 4.79 Å². The van der Waals surface area contributed by atoms with Gasteiger partial charge in [0.1, 0.15) is 17.1 Å². The van der Waals surface area contributed by atoms with Crippen LogP contribution in [0.1, 0.15) is 36.1 Å². The molecule has 0 bridgehead atoms. The van der Waals surface area contributed by atoms with Crippen LogP contribution in [0, 0.1) is 6.92 Å². The maximum absolute atomic E-state index is 12.5. The van der Waals surface area contributed by atoms with Crippen molar-refractivity contribution in [3.63, 3.8) is 0 Å². The van der Waals surface area contributed by atoms with E-state index in [1.54, 1.807) is 20.3 Å². The van der Waals surface area contributed by atoms with Gasteiger partial charge in [-0.05, 0) is 44.0 Å². The van der Waals surface area contributed by atoms with Gasteiger partial charge < -0.3 is 19.2 Å². The molecule has 1 unspecified atom stereocenters. The molecular formula is C23H25NO5. The SMILES string of the molecule is COc1ccc2c(C)c(CCC(=O)NC(C)c3ccccc3OC)c(=O)oc2c1. The number of ether oxygens (including phenoxy) is 2. The van der Waals surface area contributed by atoms with Crippen molar-refractivity contribution >= 4 is 16.9 Å². The summed E-state index contributed by atoms with van der Waals surface area (Å²) < 4.78 is 16.0. The van der Waals surface area contributed by atoms with Crippen molar-refractivity contribution in [2.75, 3.05) is 14.2 Å². The van der Waals surface area contributed by atoms with Crippen molar-refractivity contribution in [1.82, 2.24) is 5.32 Å². The molecule has 29 heavy (non-hydrogen) atoms. The number of amides is 1. The predicted octanol–water partition coefficient (Wildman–Crippen LogP) is 3.93. The van der Waals surface area contributed by atoms with Crippen LogP contribution in [-0.4, -0.2) is 20.1 Å². The van der Waals surface area contributed by atoms with Crippen LogP contribution in [0.5, 0.6) is 11.5 Å². The minimum absolute atomic E-state index is 0.142. The van der Waals surface area contributed by atoms with Crippen LogP contribution in [-0.2, 0) is 11.2 Å². The number of aryl methyl sites for hydroxylation is 1. The first kappa shape index (κ1) is 20.5. The first-order chi connectivity index (χ1) is 13.9. The van der Waals surface area contributed by atoms with E-state index in [0.717, 1.165) is 22.3 Å². The molecule has 1 N–H and O–H groups in total. The van der Waals surface area contributed by atoms with Gasteiger partial charge in [0.05, 0.1) is 20.3 Å². The topological polar surface area (TPSA) is 77.8 Å². The molecule has 3 aromatic rings. The third kappa shape index (κ3) is 4.42. The normalized spacial score (nSPS) is 11.9. The molecule has 1 atom stereocenters. The fraction of sp³-hybridized carbons (Fsp3) is 0.304. The summed E-state index contributed by atoms with van der Waals surface area (Å²) in [6, 6.07) is 12.7. The molecule has 152 valence electrons. The van der Waals surface area contributed by atoms with E-state index >= 15 is 0 Å². The van der Waals surface area contributed by atoms with E-state index in [1.807, 2.05) is 50.2 Å². The third-order valence-corrected chi connectivity index (χ3v) is 5.08. The van der Waals surface area contributed by atoms with Gasteiger partial charge in [0, 0.05) is 29.0 Å². The Morgan fingerprint density at radius 3 is 2.62 bits per heavy atom. The Hall–Kier alpha value is -3.28. The minimum atomic E-state index is -0.422. The zero-order valence-electron chi connectivity index (χ0n) is 17.1. The molecule has 0 radical (unpaired) electrons. The predicted molar refractivity (Wildman–Crippen MR) is 112 cm³/mol. The Morgan fingerprint density at radius 2 is 1.90 bits per heavy atom. The number of methoxy groups -OCH3 is 2. The highest BCUT2D eigenvalue weighted by molar-refractivity contribution is 5.83. The lowest BCUT2D eigenvalue weighted by Gasteiger charge is -2.17. The number of rotatable bonds is 7. The third-order valence-electron chi connectivity index (χ3n) is 5.08. The second kappa shape index (κ2) is 8.82. The first-order valence-corrected chi connectivity index (χ1v) is 9.47. The molecular weight excluding hydrogens is 370 g/mol. The highest BCUT2D eigenvalue weighted by Crippen LogP contribution is 2.26. The van der Waals surface area contributed by atoms with Crippen LogP contribution in [0.25, 0.3) is 11.0 Å². The highest BCUT2D eigenvalue weighted by atomic mass is 16.5. The Bertz CT molecular complexity index is 1090. The van der Waals surface area contributed by atoms with Crippen molar-refractivity contribution in [2.24, 2.45) is 0 Å². The summed E-state index contributed by atoms with van der Waals surface area (Å²) in [6.45, 7) is 3.77. The molecule has 0 aliphatic carbocycles. The van der Waals surface area contributed by atoms with E-state index in [2.05, 4.69) is 5.32 Å². The lowest BCUT2D eigenvalue weighted by Crippen LogP contribution is -2.27.